The van der Waals surface area contributed by atoms with Crippen molar-refractivity contribution in [3.05, 3.63) is 94.5 Å². The third-order valence-electron chi connectivity index (χ3n) is 5.78. The number of anilines is 2. The molecule has 5 heteroatoms. The van der Waals surface area contributed by atoms with Crippen molar-refractivity contribution in [1.29, 1.82) is 0 Å². The van der Waals surface area contributed by atoms with Crippen LogP contribution in [0.3, 0.4) is 0 Å². The summed E-state index contributed by atoms with van der Waals surface area (Å²) in [6.45, 7) is 8.55. The molecule has 1 heterocycles. The molecule has 4 nitrogen and oxygen atoms in total. The molecule has 0 fully saturated rings. The first-order chi connectivity index (χ1) is 15.5. The zero-order valence-corrected chi connectivity index (χ0v) is 19.4. The zero-order chi connectivity index (χ0) is 22.7. The lowest BCUT2D eigenvalue weighted by Gasteiger charge is -2.24. The molecule has 3 aromatic rings. The van der Waals surface area contributed by atoms with Crippen LogP contribution in [0.15, 0.2) is 72.8 Å². The molecule has 0 aromatic heterocycles. The zero-order valence-electron chi connectivity index (χ0n) is 18.7. The molecule has 0 saturated heterocycles. The number of amides is 1. The van der Waals surface area contributed by atoms with Gasteiger partial charge >= 0.3 is 0 Å². The van der Waals surface area contributed by atoms with Crippen molar-refractivity contribution in [3.63, 3.8) is 0 Å². The molecular formula is C27H28ClN3O. The predicted molar refractivity (Wildman–Crippen MR) is 135 cm³/mol. The van der Waals surface area contributed by atoms with Gasteiger partial charge in [0.15, 0.2) is 0 Å². The number of nitrogens with one attached hydrogen (secondary N) is 2. The number of halogens is 1. The van der Waals surface area contributed by atoms with E-state index in [1.54, 1.807) is 6.07 Å². The van der Waals surface area contributed by atoms with E-state index in [-0.39, 0.29) is 5.91 Å². The Hall–Kier alpha value is -3.08. The Kier molecular flexibility index (Phi) is 6.63. The van der Waals surface area contributed by atoms with Gasteiger partial charge in [-0.2, -0.15) is 0 Å². The second-order valence-electron chi connectivity index (χ2n) is 8.24. The summed E-state index contributed by atoms with van der Waals surface area (Å²) in [4.78, 5) is 15.4. The summed E-state index contributed by atoms with van der Waals surface area (Å²) in [6, 6.07) is 24.3. The Labute approximate surface area is 194 Å². The van der Waals surface area contributed by atoms with E-state index in [9.17, 15) is 4.79 Å². The van der Waals surface area contributed by atoms with Gasteiger partial charge in [-0.05, 0) is 55.8 Å². The molecule has 0 saturated carbocycles. The Morgan fingerprint density at radius 3 is 2.41 bits per heavy atom. The van der Waals surface area contributed by atoms with Gasteiger partial charge in [0, 0.05) is 28.9 Å². The lowest BCUT2D eigenvalue weighted by Crippen LogP contribution is -2.29. The van der Waals surface area contributed by atoms with E-state index in [4.69, 9.17) is 11.6 Å². The van der Waals surface area contributed by atoms with Crippen LogP contribution in [0, 0.1) is 0 Å². The van der Waals surface area contributed by atoms with Crippen LogP contribution in [0.5, 0.6) is 0 Å². The standard InChI is InChI=1S/C27H28ClN3O/c1-4-31(18(2)3)17-19-10-13-22(14-11-19)29-26(20-8-6-5-7-9-20)25-23-15-12-21(28)16-24(23)30-27(25)32/h5-16,18,29H,4,17H2,1-3H3,(H,30,32)/b26-25-. The van der Waals surface area contributed by atoms with Crippen molar-refractivity contribution in [2.24, 2.45) is 0 Å². The third kappa shape index (κ3) is 4.72. The van der Waals surface area contributed by atoms with E-state index in [0.717, 1.165) is 41.3 Å². The monoisotopic (exact) mass is 445 g/mol. The SMILES string of the molecule is CCN(Cc1ccc(N/C(=C2\C(=O)Nc3cc(Cl)ccc32)c2ccccc2)cc1)C(C)C. The van der Waals surface area contributed by atoms with Crippen LogP contribution in [-0.2, 0) is 11.3 Å². The highest BCUT2D eigenvalue weighted by Gasteiger charge is 2.28. The summed E-state index contributed by atoms with van der Waals surface area (Å²) in [6.07, 6.45) is 0. The van der Waals surface area contributed by atoms with Gasteiger partial charge in [0.25, 0.3) is 5.91 Å². The lowest BCUT2D eigenvalue weighted by molar-refractivity contribution is -0.110. The van der Waals surface area contributed by atoms with Gasteiger partial charge in [0.2, 0.25) is 0 Å². The van der Waals surface area contributed by atoms with Crippen LogP contribution < -0.4 is 10.6 Å². The minimum absolute atomic E-state index is 0.138. The minimum atomic E-state index is -0.138. The molecule has 1 aliphatic heterocycles. The van der Waals surface area contributed by atoms with Crippen LogP contribution in [-0.4, -0.2) is 23.4 Å². The molecule has 0 spiro atoms. The van der Waals surface area contributed by atoms with E-state index in [1.165, 1.54) is 5.56 Å². The Morgan fingerprint density at radius 1 is 1.03 bits per heavy atom. The molecule has 164 valence electrons. The average Bonchev–Trinajstić information content (AvgIpc) is 3.11. The normalized spacial score (nSPS) is 14.5. The summed E-state index contributed by atoms with van der Waals surface area (Å²) < 4.78 is 0. The summed E-state index contributed by atoms with van der Waals surface area (Å²) >= 11 is 6.14. The number of nitrogens with zero attached hydrogens (tertiary/aromatic N) is 1. The molecule has 0 aliphatic carbocycles. The van der Waals surface area contributed by atoms with Gasteiger partial charge in [0.05, 0.1) is 17.0 Å². The molecule has 0 bridgehead atoms. The molecule has 2 N–H and O–H groups in total. The first-order valence-electron chi connectivity index (χ1n) is 11.0. The number of carbonyl (C=O) groups is 1. The summed E-state index contributed by atoms with van der Waals surface area (Å²) in [7, 11) is 0. The second-order valence-corrected chi connectivity index (χ2v) is 8.68. The fourth-order valence-corrected chi connectivity index (χ4v) is 4.18. The molecule has 1 aliphatic rings. The van der Waals surface area contributed by atoms with Crippen molar-refractivity contribution in [2.75, 3.05) is 17.2 Å². The van der Waals surface area contributed by atoms with E-state index >= 15 is 0 Å². The quantitative estimate of drug-likeness (QED) is 0.408. The Balaban J connectivity index is 1.70. The number of benzene rings is 3. The smallest absolute Gasteiger partial charge is 0.258 e. The van der Waals surface area contributed by atoms with Crippen LogP contribution in [0.1, 0.15) is 37.5 Å². The summed E-state index contributed by atoms with van der Waals surface area (Å²) in [5.41, 5.74) is 6.11. The highest BCUT2D eigenvalue weighted by molar-refractivity contribution is 6.38. The first-order valence-corrected chi connectivity index (χ1v) is 11.3. The van der Waals surface area contributed by atoms with E-state index in [1.807, 2.05) is 42.5 Å². The van der Waals surface area contributed by atoms with Gasteiger partial charge in [-0.15, -0.1) is 0 Å². The highest BCUT2D eigenvalue weighted by Crippen LogP contribution is 2.38. The fourth-order valence-electron chi connectivity index (χ4n) is 4.01. The summed E-state index contributed by atoms with van der Waals surface area (Å²) in [5.74, 6) is -0.138. The first kappa shape index (κ1) is 22.1. The van der Waals surface area contributed by atoms with Crippen LogP contribution in [0.2, 0.25) is 5.02 Å². The van der Waals surface area contributed by atoms with Gasteiger partial charge < -0.3 is 10.6 Å². The Bertz CT molecular complexity index is 1140. The van der Waals surface area contributed by atoms with Gasteiger partial charge in [-0.1, -0.05) is 67.1 Å². The number of hydrogen-bond acceptors (Lipinski definition) is 3. The molecule has 1 amide bonds. The molecule has 0 atom stereocenters. The van der Waals surface area contributed by atoms with Crippen LogP contribution in [0.25, 0.3) is 11.3 Å². The topological polar surface area (TPSA) is 44.4 Å². The lowest BCUT2D eigenvalue weighted by atomic mass is 10.00. The number of rotatable bonds is 7. The Morgan fingerprint density at radius 2 is 1.75 bits per heavy atom. The van der Waals surface area contributed by atoms with Gasteiger partial charge in [0.1, 0.15) is 0 Å². The largest absolute Gasteiger partial charge is 0.354 e. The number of carbonyl (C=O) groups excluding carboxylic acids is 1. The summed E-state index contributed by atoms with van der Waals surface area (Å²) in [5, 5.41) is 7.05. The van der Waals surface area contributed by atoms with Crippen molar-refractivity contribution in [2.45, 2.75) is 33.4 Å². The third-order valence-corrected chi connectivity index (χ3v) is 6.02. The van der Waals surface area contributed by atoms with Gasteiger partial charge in [-0.3, -0.25) is 9.69 Å². The van der Waals surface area contributed by atoms with Crippen molar-refractivity contribution in [3.8, 4) is 0 Å². The molecule has 32 heavy (non-hydrogen) atoms. The van der Waals surface area contributed by atoms with Crippen LogP contribution in [0.4, 0.5) is 11.4 Å². The molecule has 4 rings (SSSR count). The van der Waals surface area contributed by atoms with Gasteiger partial charge in [-0.25, -0.2) is 0 Å². The van der Waals surface area contributed by atoms with E-state index < -0.39 is 0 Å². The predicted octanol–water partition coefficient (Wildman–Crippen LogP) is 6.50. The van der Waals surface area contributed by atoms with Crippen molar-refractivity contribution >= 4 is 40.2 Å². The minimum Gasteiger partial charge on any atom is -0.354 e. The maximum absolute atomic E-state index is 13.0. The number of hydrogen-bond donors (Lipinski definition) is 2. The molecule has 0 unspecified atom stereocenters. The maximum Gasteiger partial charge on any atom is 0.258 e. The van der Waals surface area contributed by atoms with Crippen LogP contribution >= 0.6 is 11.6 Å². The van der Waals surface area contributed by atoms with E-state index in [0.29, 0.717) is 16.6 Å². The van der Waals surface area contributed by atoms with Crippen molar-refractivity contribution < 1.29 is 4.79 Å². The van der Waals surface area contributed by atoms with Crippen molar-refractivity contribution in [1.82, 2.24) is 4.90 Å². The average molecular weight is 446 g/mol. The number of fused-ring (bicyclic) bond motifs is 1. The molecular weight excluding hydrogens is 418 g/mol. The second kappa shape index (κ2) is 9.60. The highest BCUT2D eigenvalue weighted by atomic mass is 35.5. The van der Waals surface area contributed by atoms with E-state index in [2.05, 4.69) is 60.6 Å². The fraction of sp³-hybridized carbons (Fsp3) is 0.222. The molecule has 0 radical (unpaired) electrons. The molecule has 3 aromatic carbocycles. The maximum atomic E-state index is 13.0.